The highest BCUT2D eigenvalue weighted by molar-refractivity contribution is 5.81. The molecule has 0 unspecified atom stereocenters. The summed E-state index contributed by atoms with van der Waals surface area (Å²) in [6.07, 6.45) is 1.84. The number of nitrogens with zero attached hydrogens (tertiary/aromatic N) is 5. The molecule has 1 aromatic carbocycles. The lowest BCUT2D eigenvalue weighted by Gasteiger charge is -2.41. The molecule has 6 nitrogen and oxygen atoms in total. The third kappa shape index (κ3) is 4.95. The van der Waals surface area contributed by atoms with Crippen LogP contribution in [0.25, 0.3) is 0 Å². The van der Waals surface area contributed by atoms with Crippen LogP contribution in [0.4, 0.5) is 5.82 Å². The molecule has 6 heteroatoms. The Labute approximate surface area is 173 Å². The predicted octanol–water partition coefficient (Wildman–Crippen LogP) is 1.94. The molecule has 0 saturated carbocycles. The van der Waals surface area contributed by atoms with Gasteiger partial charge in [0.05, 0.1) is 6.04 Å². The molecule has 2 fully saturated rings. The van der Waals surface area contributed by atoms with E-state index in [1.807, 2.05) is 18.3 Å². The number of anilines is 1. The highest BCUT2D eigenvalue weighted by Crippen LogP contribution is 2.16. The summed E-state index contributed by atoms with van der Waals surface area (Å²) in [4.78, 5) is 26.6. The van der Waals surface area contributed by atoms with Crippen molar-refractivity contribution in [2.75, 3.05) is 57.3 Å². The lowest BCUT2D eigenvalue weighted by atomic mass is 10.1. The van der Waals surface area contributed by atoms with Crippen LogP contribution in [0.5, 0.6) is 0 Å². The van der Waals surface area contributed by atoms with Gasteiger partial charge in [0.25, 0.3) is 0 Å². The van der Waals surface area contributed by atoms with Gasteiger partial charge in [0.1, 0.15) is 5.82 Å². The Bertz CT molecular complexity index is 768. The van der Waals surface area contributed by atoms with Gasteiger partial charge in [-0.2, -0.15) is 0 Å². The second kappa shape index (κ2) is 9.37. The largest absolute Gasteiger partial charge is 0.354 e. The van der Waals surface area contributed by atoms with Gasteiger partial charge in [-0.15, -0.1) is 0 Å². The van der Waals surface area contributed by atoms with E-state index in [4.69, 9.17) is 0 Å². The van der Waals surface area contributed by atoms with Gasteiger partial charge in [-0.05, 0) is 24.6 Å². The molecule has 0 bridgehead atoms. The zero-order valence-electron chi connectivity index (χ0n) is 17.3. The minimum atomic E-state index is -0.0541. The summed E-state index contributed by atoms with van der Waals surface area (Å²) in [7, 11) is 0. The molecular weight excluding hydrogens is 362 g/mol. The maximum atomic E-state index is 13.1. The Hall–Kier alpha value is -2.44. The van der Waals surface area contributed by atoms with Crippen LogP contribution in [0.3, 0.4) is 0 Å². The zero-order chi connectivity index (χ0) is 20.1. The number of rotatable bonds is 5. The van der Waals surface area contributed by atoms with Gasteiger partial charge in [0.15, 0.2) is 0 Å². The summed E-state index contributed by atoms with van der Waals surface area (Å²) in [6, 6.07) is 16.5. The van der Waals surface area contributed by atoms with Crippen molar-refractivity contribution in [1.82, 2.24) is 19.7 Å². The molecule has 1 aromatic heterocycles. The Balaban J connectivity index is 1.24. The number of hydrogen-bond donors (Lipinski definition) is 0. The quantitative estimate of drug-likeness (QED) is 0.777. The molecule has 1 atom stereocenters. The fourth-order valence-corrected chi connectivity index (χ4v) is 4.27. The first-order valence-corrected chi connectivity index (χ1v) is 10.7. The molecule has 0 N–H and O–H groups in total. The van der Waals surface area contributed by atoms with Crippen LogP contribution in [-0.4, -0.2) is 84.0 Å². The zero-order valence-corrected chi connectivity index (χ0v) is 17.3. The van der Waals surface area contributed by atoms with E-state index in [-0.39, 0.29) is 11.9 Å². The van der Waals surface area contributed by atoms with E-state index in [0.717, 1.165) is 64.7 Å². The van der Waals surface area contributed by atoms with Crippen LogP contribution in [-0.2, 0) is 11.3 Å². The molecule has 2 aliphatic rings. The number of benzene rings is 1. The molecule has 1 amide bonds. The molecule has 3 heterocycles. The third-order valence-electron chi connectivity index (χ3n) is 6.13. The second-order valence-corrected chi connectivity index (χ2v) is 7.97. The van der Waals surface area contributed by atoms with Crippen LogP contribution in [0.15, 0.2) is 54.7 Å². The molecule has 2 saturated heterocycles. The van der Waals surface area contributed by atoms with E-state index in [1.54, 1.807) is 0 Å². The van der Waals surface area contributed by atoms with Crippen LogP contribution < -0.4 is 4.90 Å². The number of hydrogen-bond acceptors (Lipinski definition) is 5. The maximum absolute atomic E-state index is 13.1. The normalized spacial score (nSPS) is 19.9. The van der Waals surface area contributed by atoms with Crippen LogP contribution in [0, 0.1) is 0 Å². The summed E-state index contributed by atoms with van der Waals surface area (Å²) in [5.74, 6) is 1.30. The van der Waals surface area contributed by atoms with Crippen molar-refractivity contribution in [2.24, 2.45) is 0 Å². The van der Waals surface area contributed by atoms with E-state index < -0.39 is 0 Å². The summed E-state index contributed by atoms with van der Waals surface area (Å²) in [5, 5.41) is 0. The molecule has 0 aliphatic carbocycles. The van der Waals surface area contributed by atoms with E-state index in [0.29, 0.717) is 0 Å². The number of amides is 1. The molecule has 29 heavy (non-hydrogen) atoms. The van der Waals surface area contributed by atoms with Crippen LogP contribution in [0.1, 0.15) is 12.5 Å². The molecule has 4 rings (SSSR count). The monoisotopic (exact) mass is 393 g/mol. The van der Waals surface area contributed by atoms with Gasteiger partial charge < -0.3 is 9.80 Å². The molecule has 0 radical (unpaired) electrons. The van der Waals surface area contributed by atoms with Crippen molar-refractivity contribution in [3.63, 3.8) is 0 Å². The molecule has 0 spiro atoms. The van der Waals surface area contributed by atoms with Crippen LogP contribution in [0.2, 0.25) is 0 Å². The van der Waals surface area contributed by atoms with Crippen molar-refractivity contribution in [3.8, 4) is 0 Å². The van der Waals surface area contributed by atoms with Crippen molar-refractivity contribution >= 4 is 11.7 Å². The Morgan fingerprint density at radius 2 is 1.59 bits per heavy atom. The first kappa shape index (κ1) is 19.9. The number of carbonyl (C=O) groups is 1. The lowest BCUT2D eigenvalue weighted by Crippen LogP contribution is -2.57. The van der Waals surface area contributed by atoms with E-state index in [1.165, 1.54) is 5.56 Å². The molecule has 154 valence electrons. The standard InChI is InChI=1S/C23H31N5O/c1-20(26-15-17-27(18-16-26)22-9-5-6-10-24-22)23(29)28-13-11-25(12-14-28)19-21-7-3-2-4-8-21/h2-10,20H,11-19H2,1H3/t20-/m0/s1. The number of aromatic nitrogens is 1. The van der Waals surface area contributed by atoms with Gasteiger partial charge in [0.2, 0.25) is 5.91 Å². The summed E-state index contributed by atoms with van der Waals surface area (Å²) < 4.78 is 0. The van der Waals surface area contributed by atoms with Gasteiger partial charge in [-0.3, -0.25) is 14.6 Å². The minimum absolute atomic E-state index is 0.0541. The van der Waals surface area contributed by atoms with Gasteiger partial charge in [-0.25, -0.2) is 4.98 Å². The van der Waals surface area contributed by atoms with Crippen LogP contribution >= 0.6 is 0 Å². The third-order valence-corrected chi connectivity index (χ3v) is 6.13. The van der Waals surface area contributed by atoms with Crippen molar-refractivity contribution < 1.29 is 4.79 Å². The fourth-order valence-electron chi connectivity index (χ4n) is 4.27. The average molecular weight is 394 g/mol. The lowest BCUT2D eigenvalue weighted by molar-refractivity contribution is -0.138. The van der Waals surface area contributed by atoms with Gasteiger partial charge in [-0.1, -0.05) is 36.4 Å². The van der Waals surface area contributed by atoms with E-state index in [2.05, 4.69) is 67.9 Å². The Morgan fingerprint density at radius 1 is 0.897 bits per heavy atom. The van der Waals surface area contributed by atoms with E-state index in [9.17, 15) is 4.79 Å². The smallest absolute Gasteiger partial charge is 0.239 e. The fraction of sp³-hybridized carbons (Fsp3) is 0.478. The molecule has 2 aliphatic heterocycles. The molecular formula is C23H31N5O. The minimum Gasteiger partial charge on any atom is -0.354 e. The topological polar surface area (TPSA) is 42.9 Å². The summed E-state index contributed by atoms with van der Waals surface area (Å²) in [6.45, 7) is 10.2. The molecule has 2 aromatic rings. The highest BCUT2D eigenvalue weighted by Gasteiger charge is 2.30. The predicted molar refractivity (Wildman–Crippen MR) is 116 cm³/mol. The SMILES string of the molecule is C[C@@H](C(=O)N1CCN(Cc2ccccc2)CC1)N1CCN(c2ccccn2)CC1. The number of carbonyl (C=O) groups excluding carboxylic acids is 1. The maximum Gasteiger partial charge on any atom is 0.239 e. The first-order valence-electron chi connectivity index (χ1n) is 10.7. The summed E-state index contributed by atoms with van der Waals surface area (Å²) >= 11 is 0. The average Bonchev–Trinajstić information content (AvgIpc) is 2.80. The Kier molecular flexibility index (Phi) is 6.42. The number of pyridine rings is 1. The van der Waals surface area contributed by atoms with Gasteiger partial charge >= 0.3 is 0 Å². The highest BCUT2D eigenvalue weighted by atomic mass is 16.2. The van der Waals surface area contributed by atoms with E-state index >= 15 is 0 Å². The first-order chi connectivity index (χ1) is 14.2. The Morgan fingerprint density at radius 3 is 2.24 bits per heavy atom. The summed E-state index contributed by atoms with van der Waals surface area (Å²) in [5.41, 5.74) is 1.34. The number of piperazine rings is 2. The van der Waals surface area contributed by atoms with Gasteiger partial charge in [0, 0.05) is 65.1 Å². The second-order valence-electron chi connectivity index (χ2n) is 7.97. The van der Waals surface area contributed by atoms with Crippen molar-refractivity contribution in [2.45, 2.75) is 19.5 Å². The van der Waals surface area contributed by atoms with Crippen molar-refractivity contribution in [3.05, 3.63) is 60.3 Å². The van der Waals surface area contributed by atoms with Crippen molar-refractivity contribution in [1.29, 1.82) is 0 Å².